The van der Waals surface area contributed by atoms with Crippen LogP contribution in [-0.2, 0) is 4.79 Å². The average Bonchev–Trinajstić information content (AvgIpc) is 3.22. The van der Waals surface area contributed by atoms with Gasteiger partial charge in [-0.1, -0.05) is 6.07 Å². The first-order valence-corrected chi connectivity index (χ1v) is 10.5. The molecule has 3 atom stereocenters. The van der Waals surface area contributed by atoms with Gasteiger partial charge in [0, 0.05) is 29.7 Å². The van der Waals surface area contributed by atoms with Crippen LogP contribution in [0.25, 0.3) is 16.9 Å². The normalized spacial score (nSPS) is 21.8. The molecule has 8 nitrogen and oxygen atoms in total. The minimum atomic E-state index is -0.238. The van der Waals surface area contributed by atoms with Crippen molar-refractivity contribution in [3.8, 4) is 11.4 Å². The molecule has 1 saturated carbocycles. The molecule has 8 heteroatoms. The lowest BCUT2D eigenvalue weighted by atomic mass is 10.1. The fourth-order valence-electron chi connectivity index (χ4n) is 4.57. The van der Waals surface area contributed by atoms with E-state index in [1.165, 1.54) is 0 Å². The van der Waals surface area contributed by atoms with Crippen molar-refractivity contribution in [2.45, 2.75) is 31.8 Å². The number of aromatic nitrogens is 5. The van der Waals surface area contributed by atoms with Crippen LogP contribution in [-0.4, -0.2) is 42.8 Å². The van der Waals surface area contributed by atoms with Gasteiger partial charge in [-0.3, -0.25) is 4.79 Å². The molecule has 0 spiro atoms. The summed E-state index contributed by atoms with van der Waals surface area (Å²) in [4.78, 5) is 19.8. The second-order valence-corrected chi connectivity index (χ2v) is 8.28. The summed E-state index contributed by atoms with van der Waals surface area (Å²) in [5.74, 6) is 1.94. The SMILES string of the molecule is Cc1ccc(NC(=O)[C@H]2C[C@@H]3C[C@@H]3N2c2cccnn2)cc1-c1ncc2cccn2n1. The molecule has 1 aliphatic heterocycles. The van der Waals surface area contributed by atoms with Crippen molar-refractivity contribution < 1.29 is 4.79 Å². The van der Waals surface area contributed by atoms with Crippen LogP contribution >= 0.6 is 0 Å². The Morgan fingerprint density at radius 3 is 2.97 bits per heavy atom. The van der Waals surface area contributed by atoms with Crippen LogP contribution in [0.1, 0.15) is 18.4 Å². The topological polar surface area (TPSA) is 88.3 Å². The zero-order valence-corrected chi connectivity index (χ0v) is 17.0. The standard InChI is InChI=1S/C23H21N7O/c1-14-6-7-16(12-18(14)22-24-13-17-4-3-9-29(17)28-22)26-23(31)20-11-15-10-19(15)30(20)21-5-2-8-25-27-21/h2-9,12-13,15,19-20H,10-11H2,1H3,(H,26,31)/t15-,19-,20+/m0/s1. The van der Waals surface area contributed by atoms with Crippen LogP contribution in [0.3, 0.4) is 0 Å². The molecule has 1 aromatic carbocycles. The van der Waals surface area contributed by atoms with Crippen molar-refractivity contribution in [2.24, 2.45) is 5.92 Å². The largest absolute Gasteiger partial charge is 0.340 e. The van der Waals surface area contributed by atoms with E-state index >= 15 is 0 Å². The van der Waals surface area contributed by atoms with Crippen molar-refractivity contribution in [1.29, 1.82) is 0 Å². The van der Waals surface area contributed by atoms with Gasteiger partial charge in [-0.05, 0) is 67.6 Å². The maximum atomic E-state index is 13.2. The number of benzene rings is 1. The van der Waals surface area contributed by atoms with Crippen LogP contribution in [0.4, 0.5) is 11.5 Å². The Bertz CT molecular complexity index is 1290. The minimum absolute atomic E-state index is 0.0190. The van der Waals surface area contributed by atoms with Crippen molar-refractivity contribution in [3.63, 3.8) is 0 Å². The Morgan fingerprint density at radius 2 is 2.10 bits per heavy atom. The number of nitrogens with one attached hydrogen (secondary N) is 1. The van der Waals surface area contributed by atoms with Gasteiger partial charge >= 0.3 is 0 Å². The van der Waals surface area contributed by atoms with Gasteiger partial charge in [-0.2, -0.15) is 5.10 Å². The average molecular weight is 411 g/mol. The van der Waals surface area contributed by atoms with E-state index in [0.29, 0.717) is 17.8 Å². The second-order valence-electron chi connectivity index (χ2n) is 8.28. The maximum Gasteiger partial charge on any atom is 0.247 e. The summed E-state index contributed by atoms with van der Waals surface area (Å²) in [5.41, 5.74) is 3.62. The van der Waals surface area contributed by atoms with Crippen LogP contribution in [0.2, 0.25) is 0 Å². The van der Waals surface area contributed by atoms with Crippen LogP contribution < -0.4 is 10.2 Å². The number of amides is 1. The number of carbonyl (C=O) groups is 1. The molecule has 2 aliphatic rings. The Labute approximate surface area is 178 Å². The molecule has 31 heavy (non-hydrogen) atoms. The molecule has 2 fully saturated rings. The molecule has 0 bridgehead atoms. The van der Waals surface area contributed by atoms with Gasteiger partial charge in [0.25, 0.3) is 0 Å². The highest BCUT2D eigenvalue weighted by molar-refractivity contribution is 5.98. The van der Waals surface area contributed by atoms with Crippen molar-refractivity contribution >= 4 is 22.9 Å². The molecule has 1 saturated heterocycles. The second kappa shape index (κ2) is 6.87. The third kappa shape index (κ3) is 3.11. The van der Waals surface area contributed by atoms with E-state index < -0.39 is 0 Å². The predicted octanol–water partition coefficient (Wildman–Crippen LogP) is 3.10. The molecule has 154 valence electrons. The van der Waals surface area contributed by atoms with E-state index in [0.717, 1.165) is 41.0 Å². The molecular formula is C23H21N7O. The van der Waals surface area contributed by atoms with E-state index in [1.54, 1.807) is 16.9 Å². The lowest BCUT2D eigenvalue weighted by Crippen LogP contribution is -2.42. The highest BCUT2D eigenvalue weighted by atomic mass is 16.2. The minimum Gasteiger partial charge on any atom is -0.340 e. The molecule has 1 amide bonds. The monoisotopic (exact) mass is 411 g/mol. The lowest BCUT2D eigenvalue weighted by molar-refractivity contribution is -0.117. The van der Waals surface area contributed by atoms with Gasteiger partial charge in [0.05, 0.1) is 11.7 Å². The number of fused-ring (bicyclic) bond motifs is 2. The first kappa shape index (κ1) is 18.0. The van der Waals surface area contributed by atoms with E-state index in [2.05, 4.69) is 30.5 Å². The van der Waals surface area contributed by atoms with E-state index in [1.807, 2.05) is 55.6 Å². The van der Waals surface area contributed by atoms with Gasteiger partial charge in [0.1, 0.15) is 6.04 Å². The number of carbonyl (C=O) groups excluding carboxylic acids is 1. The highest BCUT2D eigenvalue weighted by Crippen LogP contribution is 2.49. The number of aryl methyl sites for hydroxylation is 1. The first-order chi connectivity index (χ1) is 15.2. The zero-order valence-electron chi connectivity index (χ0n) is 17.0. The van der Waals surface area contributed by atoms with E-state index in [9.17, 15) is 4.79 Å². The summed E-state index contributed by atoms with van der Waals surface area (Å²) in [7, 11) is 0. The van der Waals surface area contributed by atoms with E-state index in [4.69, 9.17) is 0 Å². The van der Waals surface area contributed by atoms with Crippen LogP contribution in [0.5, 0.6) is 0 Å². The summed E-state index contributed by atoms with van der Waals surface area (Å²) < 4.78 is 1.80. The molecule has 4 heterocycles. The fourth-order valence-corrected chi connectivity index (χ4v) is 4.57. The Balaban J connectivity index is 1.27. The third-order valence-corrected chi connectivity index (χ3v) is 6.26. The first-order valence-electron chi connectivity index (χ1n) is 10.5. The number of anilines is 2. The van der Waals surface area contributed by atoms with Crippen LogP contribution in [0, 0.1) is 12.8 Å². The fraction of sp³-hybridized carbons (Fsp3) is 0.261. The highest BCUT2D eigenvalue weighted by Gasteiger charge is 2.54. The summed E-state index contributed by atoms with van der Waals surface area (Å²) in [6.45, 7) is 2.02. The van der Waals surface area contributed by atoms with Gasteiger partial charge in [-0.25, -0.2) is 9.50 Å². The number of hydrogen-bond donors (Lipinski definition) is 1. The van der Waals surface area contributed by atoms with Gasteiger partial charge < -0.3 is 10.2 Å². The summed E-state index contributed by atoms with van der Waals surface area (Å²) >= 11 is 0. The molecule has 4 aromatic rings. The van der Waals surface area contributed by atoms with Crippen molar-refractivity contribution in [2.75, 3.05) is 10.2 Å². The van der Waals surface area contributed by atoms with Crippen molar-refractivity contribution in [1.82, 2.24) is 24.8 Å². The van der Waals surface area contributed by atoms with Crippen molar-refractivity contribution in [3.05, 3.63) is 66.6 Å². The molecule has 1 aliphatic carbocycles. The predicted molar refractivity (Wildman–Crippen MR) is 117 cm³/mol. The molecule has 6 rings (SSSR count). The summed E-state index contributed by atoms with van der Waals surface area (Å²) in [6.07, 6.45) is 7.32. The van der Waals surface area contributed by atoms with Gasteiger partial charge in [0.2, 0.25) is 5.91 Å². The molecule has 3 aromatic heterocycles. The number of rotatable bonds is 4. The summed E-state index contributed by atoms with van der Waals surface area (Å²) in [6, 6.07) is 13.7. The number of nitrogens with zero attached hydrogens (tertiary/aromatic N) is 6. The van der Waals surface area contributed by atoms with Gasteiger partial charge in [-0.15, -0.1) is 10.2 Å². The third-order valence-electron chi connectivity index (χ3n) is 6.26. The number of hydrogen-bond acceptors (Lipinski definition) is 6. The molecular weight excluding hydrogens is 390 g/mol. The molecule has 0 unspecified atom stereocenters. The lowest BCUT2D eigenvalue weighted by Gasteiger charge is -2.27. The summed E-state index contributed by atoms with van der Waals surface area (Å²) in [5, 5.41) is 15.9. The Hall–Kier alpha value is -3.81. The van der Waals surface area contributed by atoms with Gasteiger partial charge in [0.15, 0.2) is 11.6 Å². The number of piperidine rings is 1. The Morgan fingerprint density at radius 1 is 1.16 bits per heavy atom. The van der Waals surface area contributed by atoms with E-state index in [-0.39, 0.29) is 11.9 Å². The molecule has 0 radical (unpaired) electrons. The Kier molecular flexibility index (Phi) is 3.99. The van der Waals surface area contributed by atoms with Crippen LogP contribution in [0.15, 0.2) is 61.1 Å². The zero-order chi connectivity index (χ0) is 20.9. The maximum absolute atomic E-state index is 13.2. The quantitative estimate of drug-likeness (QED) is 0.555. The molecule has 1 N–H and O–H groups in total. The smallest absolute Gasteiger partial charge is 0.247 e.